The van der Waals surface area contributed by atoms with Crippen LogP contribution in [0.4, 0.5) is 19.0 Å². The van der Waals surface area contributed by atoms with Crippen molar-refractivity contribution in [2.75, 3.05) is 5.32 Å². The fourth-order valence-electron chi connectivity index (χ4n) is 2.48. The molecule has 3 rings (SSSR count). The van der Waals surface area contributed by atoms with E-state index >= 15 is 0 Å². The van der Waals surface area contributed by atoms with Gasteiger partial charge in [0, 0.05) is 5.69 Å². The van der Waals surface area contributed by atoms with Gasteiger partial charge in [-0.3, -0.25) is 0 Å². The van der Waals surface area contributed by atoms with Gasteiger partial charge in [0.15, 0.2) is 0 Å². The van der Waals surface area contributed by atoms with Crippen LogP contribution in [0.25, 0.3) is 0 Å². The molecule has 0 unspecified atom stereocenters. The first kappa shape index (κ1) is 12.3. The second-order valence-corrected chi connectivity index (χ2v) is 5.16. The molecule has 6 heteroatoms. The molecule has 100 valence electrons. The molecule has 1 heterocycles. The Morgan fingerprint density at radius 3 is 2.63 bits per heavy atom. The van der Waals surface area contributed by atoms with E-state index in [0.717, 1.165) is 30.5 Å². The van der Waals surface area contributed by atoms with Gasteiger partial charge >= 0.3 is 6.18 Å². The minimum atomic E-state index is -4.31. The van der Waals surface area contributed by atoms with Gasteiger partial charge in [-0.15, -0.1) is 0 Å². The number of rotatable bonds is 2. The van der Waals surface area contributed by atoms with Crippen LogP contribution in [0.1, 0.15) is 36.1 Å². The van der Waals surface area contributed by atoms with Crippen molar-refractivity contribution < 1.29 is 13.2 Å². The van der Waals surface area contributed by atoms with Crippen LogP contribution in [0, 0.1) is 11.3 Å². The molecule has 1 aromatic heterocycles. The van der Waals surface area contributed by atoms with Crippen LogP contribution >= 0.6 is 0 Å². The summed E-state index contributed by atoms with van der Waals surface area (Å²) in [4.78, 5) is 4.23. The van der Waals surface area contributed by atoms with Gasteiger partial charge in [-0.2, -0.15) is 18.4 Å². The van der Waals surface area contributed by atoms with Crippen LogP contribution in [-0.2, 0) is 12.8 Å². The lowest BCUT2D eigenvalue weighted by Crippen LogP contribution is -2.39. The minimum Gasteiger partial charge on any atom is -0.355 e. The lowest BCUT2D eigenvalue weighted by Gasteiger charge is -2.22. The lowest BCUT2D eigenvalue weighted by molar-refractivity contribution is -0.151. The van der Waals surface area contributed by atoms with Gasteiger partial charge in [-0.25, -0.2) is 4.98 Å². The highest BCUT2D eigenvalue weighted by molar-refractivity contribution is 5.57. The third-order valence-electron chi connectivity index (χ3n) is 3.82. The standard InChI is InChI=1S/C13H12F3N3/c14-13(15,16)12(4-5-12)19-11-9(7-17)6-8-2-1-3-10(8)18-11/h6H,1-5H2,(H,18,19). The Labute approximate surface area is 108 Å². The van der Waals surface area contributed by atoms with Crippen molar-refractivity contribution in [3.8, 4) is 6.07 Å². The van der Waals surface area contributed by atoms with Crippen molar-refractivity contribution in [2.45, 2.75) is 43.8 Å². The van der Waals surface area contributed by atoms with Gasteiger partial charge in [0.25, 0.3) is 0 Å². The van der Waals surface area contributed by atoms with Crippen molar-refractivity contribution in [2.24, 2.45) is 0 Å². The molecule has 19 heavy (non-hydrogen) atoms. The number of nitriles is 1. The second kappa shape index (κ2) is 3.86. The summed E-state index contributed by atoms with van der Waals surface area (Å²) in [6.45, 7) is 0. The number of halogens is 3. The predicted octanol–water partition coefficient (Wildman–Crippen LogP) is 2.95. The molecule has 1 saturated carbocycles. The Kier molecular flexibility index (Phi) is 2.49. The summed E-state index contributed by atoms with van der Waals surface area (Å²) in [5, 5.41) is 11.5. The maximum Gasteiger partial charge on any atom is 0.411 e. The maximum absolute atomic E-state index is 12.9. The number of alkyl halides is 3. The Morgan fingerprint density at radius 2 is 2.05 bits per heavy atom. The Hall–Kier alpha value is -1.77. The van der Waals surface area contributed by atoms with Crippen molar-refractivity contribution in [1.82, 2.24) is 4.98 Å². The first-order chi connectivity index (χ1) is 8.95. The van der Waals surface area contributed by atoms with Crippen LogP contribution in [-0.4, -0.2) is 16.7 Å². The summed E-state index contributed by atoms with van der Waals surface area (Å²) >= 11 is 0. The van der Waals surface area contributed by atoms with Gasteiger partial charge in [-0.05, 0) is 43.7 Å². The zero-order valence-electron chi connectivity index (χ0n) is 10.1. The molecule has 0 saturated heterocycles. The summed E-state index contributed by atoms with van der Waals surface area (Å²) in [5.74, 6) is 0.0815. The number of fused-ring (bicyclic) bond motifs is 1. The van der Waals surface area contributed by atoms with Crippen LogP contribution in [0.5, 0.6) is 0 Å². The highest BCUT2D eigenvalue weighted by Crippen LogP contribution is 2.51. The molecule has 0 spiro atoms. The summed E-state index contributed by atoms with van der Waals surface area (Å²) in [6, 6.07) is 3.61. The molecule has 0 atom stereocenters. The van der Waals surface area contributed by atoms with E-state index < -0.39 is 11.7 Å². The van der Waals surface area contributed by atoms with Crippen molar-refractivity contribution in [1.29, 1.82) is 5.26 Å². The molecular formula is C13H12F3N3. The fourth-order valence-corrected chi connectivity index (χ4v) is 2.48. The number of pyridine rings is 1. The van der Waals surface area contributed by atoms with E-state index in [1.165, 1.54) is 0 Å². The topological polar surface area (TPSA) is 48.7 Å². The van der Waals surface area contributed by atoms with Crippen LogP contribution in [0.15, 0.2) is 6.07 Å². The number of anilines is 1. The normalized spacial score (nSPS) is 19.7. The molecule has 0 bridgehead atoms. The Morgan fingerprint density at radius 1 is 1.32 bits per heavy atom. The zero-order valence-corrected chi connectivity index (χ0v) is 10.1. The first-order valence-corrected chi connectivity index (χ1v) is 6.23. The van der Waals surface area contributed by atoms with Crippen molar-refractivity contribution >= 4 is 5.82 Å². The molecule has 0 radical (unpaired) electrons. The molecule has 0 aromatic carbocycles. The van der Waals surface area contributed by atoms with E-state index in [4.69, 9.17) is 5.26 Å². The number of hydrogen-bond donors (Lipinski definition) is 1. The highest BCUT2D eigenvalue weighted by atomic mass is 19.4. The van der Waals surface area contributed by atoms with E-state index in [9.17, 15) is 13.2 Å². The van der Waals surface area contributed by atoms with Gasteiger partial charge in [0.1, 0.15) is 17.4 Å². The third-order valence-corrected chi connectivity index (χ3v) is 3.82. The summed E-state index contributed by atoms with van der Waals surface area (Å²) in [7, 11) is 0. The first-order valence-electron chi connectivity index (χ1n) is 6.23. The summed E-state index contributed by atoms with van der Waals surface area (Å²) in [5.41, 5.74) is 0.132. The average Bonchev–Trinajstić information content (AvgIpc) is 3.00. The second-order valence-electron chi connectivity index (χ2n) is 5.16. The largest absolute Gasteiger partial charge is 0.411 e. The van der Waals surface area contributed by atoms with Crippen molar-refractivity contribution in [3.05, 3.63) is 22.9 Å². The Bertz CT molecular complexity index is 568. The predicted molar refractivity (Wildman–Crippen MR) is 62.6 cm³/mol. The molecule has 3 nitrogen and oxygen atoms in total. The maximum atomic E-state index is 12.9. The van der Waals surface area contributed by atoms with Crippen LogP contribution < -0.4 is 5.32 Å². The van der Waals surface area contributed by atoms with Gasteiger partial charge in [0.2, 0.25) is 0 Å². The van der Waals surface area contributed by atoms with E-state index in [-0.39, 0.29) is 24.2 Å². The molecule has 1 fully saturated rings. The molecule has 2 aliphatic rings. The number of aromatic nitrogens is 1. The number of aryl methyl sites for hydroxylation is 2. The summed E-state index contributed by atoms with van der Waals surface area (Å²) < 4.78 is 38.8. The monoisotopic (exact) mass is 267 g/mol. The average molecular weight is 267 g/mol. The molecule has 0 aliphatic heterocycles. The SMILES string of the molecule is N#Cc1cc2c(nc1NC1(C(F)(F)F)CC1)CCC2. The van der Waals surface area contributed by atoms with Crippen molar-refractivity contribution in [3.63, 3.8) is 0 Å². The summed E-state index contributed by atoms with van der Waals surface area (Å²) in [6.07, 6.45) is -1.65. The number of hydrogen-bond acceptors (Lipinski definition) is 3. The van der Waals surface area contributed by atoms with E-state index in [0.29, 0.717) is 0 Å². The van der Waals surface area contributed by atoms with Gasteiger partial charge < -0.3 is 5.32 Å². The molecule has 1 N–H and O–H groups in total. The van der Waals surface area contributed by atoms with Gasteiger partial charge in [-0.1, -0.05) is 0 Å². The van der Waals surface area contributed by atoms with E-state index in [1.807, 2.05) is 6.07 Å². The molecule has 1 aromatic rings. The lowest BCUT2D eigenvalue weighted by atomic mass is 10.1. The van der Waals surface area contributed by atoms with Gasteiger partial charge in [0.05, 0.1) is 5.56 Å². The van der Waals surface area contributed by atoms with E-state index in [2.05, 4.69) is 10.3 Å². The third kappa shape index (κ3) is 1.93. The number of nitrogens with zero attached hydrogens (tertiary/aromatic N) is 2. The smallest absolute Gasteiger partial charge is 0.355 e. The Balaban J connectivity index is 1.96. The molecule has 2 aliphatic carbocycles. The highest BCUT2D eigenvalue weighted by Gasteiger charge is 2.63. The van der Waals surface area contributed by atoms with Crippen LogP contribution in [0.3, 0.4) is 0 Å². The molecular weight excluding hydrogens is 255 g/mol. The molecule has 0 amide bonds. The number of nitrogens with one attached hydrogen (secondary N) is 1. The van der Waals surface area contributed by atoms with Crippen LogP contribution in [0.2, 0.25) is 0 Å². The zero-order chi connectivity index (χ0) is 13.7. The quantitative estimate of drug-likeness (QED) is 0.896. The van der Waals surface area contributed by atoms with E-state index in [1.54, 1.807) is 6.07 Å². The minimum absolute atomic E-state index is 0.0418. The fraction of sp³-hybridized carbons (Fsp3) is 0.538.